The van der Waals surface area contributed by atoms with Gasteiger partial charge in [-0.2, -0.15) is 0 Å². The Hall–Kier alpha value is -0.0800. The van der Waals surface area contributed by atoms with Crippen LogP contribution in [0.25, 0.3) is 0 Å². The minimum absolute atomic E-state index is 0.00772. The lowest BCUT2D eigenvalue weighted by molar-refractivity contribution is -0.114. The average Bonchev–Trinajstić information content (AvgIpc) is 2.50. The molecule has 0 radical (unpaired) electrons. The molecule has 0 bridgehead atoms. The number of halogens is 1. The molecule has 0 aromatic heterocycles. The summed E-state index contributed by atoms with van der Waals surface area (Å²) >= 11 is 5.30. The highest BCUT2D eigenvalue weighted by Gasteiger charge is 2.30. The number of rotatable bonds is 3. The van der Waals surface area contributed by atoms with Crippen molar-refractivity contribution in [2.45, 2.75) is 19.4 Å². The molecule has 1 atom stereocenters. The largest absolute Gasteiger partial charge is 0.290 e. The Morgan fingerprint density at radius 3 is 2.44 bits per heavy atom. The molecule has 0 saturated carbocycles. The van der Waals surface area contributed by atoms with Crippen molar-refractivity contribution in [3.05, 3.63) is 0 Å². The van der Waals surface area contributed by atoms with Gasteiger partial charge in [-0.25, -0.2) is 0 Å². The van der Waals surface area contributed by atoms with Crippen LogP contribution in [-0.2, 0) is 4.79 Å². The smallest absolute Gasteiger partial charge is 0.238 e. The topological polar surface area (TPSA) is 20.1 Å². The molecular formula is C6H10ClNO. The second kappa shape index (κ2) is 2.67. The van der Waals surface area contributed by atoms with E-state index >= 15 is 0 Å². The van der Waals surface area contributed by atoms with Gasteiger partial charge in [-0.3, -0.25) is 9.69 Å². The van der Waals surface area contributed by atoms with Crippen LogP contribution < -0.4 is 0 Å². The number of hydrogen-bond donors (Lipinski definition) is 0. The van der Waals surface area contributed by atoms with Gasteiger partial charge in [-0.15, -0.1) is 0 Å². The maximum atomic E-state index is 10.6. The lowest BCUT2D eigenvalue weighted by Crippen LogP contribution is -2.24. The Bertz CT molecular complexity index is 122. The molecule has 0 aliphatic carbocycles. The van der Waals surface area contributed by atoms with Crippen LogP contribution in [0.15, 0.2) is 0 Å². The first-order valence-electron chi connectivity index (χ1n) is 3.19. The molecule has 1 aliphatic rings. The van der Waals surface area contributed by atoms with E-state index in [0.29, 0.717) is 0 Å². The minimum atomic E-state index is -0.213. The zero-order valence-electron chi connectivity index (χ0n) is 5.43. The first kappa shape index (κ1) is 7.03. The standard InChI is InChI=1S/C6H10ClNO/c1-2-5(6(7)9)8-3-4-8/h5H,2-4H2,1H3. The Labute approximate surface area is 59.8 Å². The van der Waals surface area contributed by atoms with E-state index in [4.69, 9.17) is 11.6 Å². The summed E-state index contributed by atoms with van der Waals surface area (Å²) < 4.78 is 0. The third-order valence-electron chi connectivity index (χ3n) is 1.57. The predicted octanol–water partition coefficient (Wildman–Crippen LogP) is 0.846. The summed E-state index contributed by atoms with van der Waals surface area (Å²) in [7, 11) is 0. The van der Waals surface area contributed by atoms with E-state index in [1.54, 1.807) is 0 Å². The van der Waals surface area contributed by atoms with Gasteiger partial charge in [0.25, 0.3) is 0 Å². The zero-order chi connectivity index (χ0) is 6.85. The fraction of sp³-hybridized carbons (Fsp3) is 0.833. The van der Waals surface area contributed by atoms with E-state index in [-0.39, 0.29) is 11.3 Å². The second-order valence-electron chi connectivity index (χ2n) is 2.26. The Balaban J connectivity index is 2.37. The Kier molecular flexibility index (Phi) is 2.09. The van der Waals surface area contributed by atoms with Crippen LogP contribution in [0, 0.1) is 0 Å². The third-order valence-corrected chi connectivity index (χ3v) is 1.82. The number of nitrogens with zero attached hydrogens (tertiary/aromatic N) is 1. The van der Waals surface area contributed by atoms with Crippen LogP contribution in [0.4, 0.5) is 0 Å². The van der Waals surface area contributed by atoms with Gasteiger partial charge < -0.3 is 0 Å². The summed E-state index contributed by atoms with van der Waals surface area (Å²) in [5.41, 5.74) is 0. The van der Waals surface area contributed by atoms with Crippen LogP contribution in [0.2, 0.25) is 0 Å². The first-order chi connectivity index (χ1) is 4.25. The fourth-order valence-corrected chi connectivity index (χ4v) is 1.22. The third kappa shape index (κ3) is 1.66. The first-order valence-corrected chi connectivity index (χ1v) is 3.57. The van der Waals surface area contributed by atoms with Crippen molar-refractivity contribution >= 4 is 16.8 Å². The van der Waals surface area contributed by atoms with Crippen LogP contribution in [0.3, 0.4) is 0 Å². The van der Waals surface area contributed by atoms with Crippen LogP contribution >= 0.6 is 11.6 Å². The zero-order valence-corrected chi connectivity index (χ0v) is 6.19. The van der Waals surface area contributed by atoms with Crippen molar-refractivity contribution in [2.24, 2.45) is 0 Å². The molecule has 0 N–H and O–H groups in total. The summed E-state index contributed by atoms with van der Waals surface area (Å²) in [5.74, 6) is 0. The van der Waals surface area contributed by atoms with Crippen molar-refractivity contribution in [2.75, 3.05) is 13.1 Å². The molecule has 1 unspecified atom stereocenters. The van der Waals surface area contributed by atoms with Gasteiger partial charge >= 0.3 is 0 Å². The predicted molar refractivity (Wildman–Crippen MR) is 36.5 cm³/mol. The molecule has 1 saturated heterocycles. The van der Waals surface area contributed by atoms with E-state index in [0.717, 1.165) is 19.5 Å². The van der Waals surface area contributed by atoms with E-state index in [9.17, 15) is 4.79 Å². The van der Waals surface area contributed by atoms with E-state index in [1.807, 2.05) is 6.92 Å². The van der Waals surface area contributed by atoms with E-state index in [1.165, 1.54) is 0 Å². The van der Waals surface area contributed by atoms with Gasteiger partial charge in [0.1, 0.15) is 0 Å². The highest BCUT2D eigenvalue weighted by molar-refractivity contribution is 6.64. The number of carbonyl (C=O) groups excluding carboxylic acids is 1. The van der Waals surface area contributed by atoms with Crippen molar-refractivity contribution < 1.29 is 4.79 Å². The summed E-state index contributed by atoms with van der Waals surface area (Å²) in [6.45, 7) is 4.05. The molecule has 0 amide bonds. The summed E-state index contributed by atoms with van der Waals surface area (Å²) in [6.07, 6.45) is 0.836. The molecule has 1 heterocycles. The fourth-order valence-electron chi connectivity index (χ4n) is 0.932. The molecule has 9 heavy (non-hydrogen) atoms. The average molecular weight is 148 g/mol. The lowest BCUT2D eigenvalue weighted by atomic mass is 10.2. The highest BCUT2D eigenvalue weighted by atomic mass is 35.5. The number of hydrogen-bond acceptors (Lipinski definition) is 2. The normalized spacial score (nSPS) is 21.6. The van der Waals surface area contributed by atoms with Gasteiger partial charge in [0.2, 0.25) is 5.24 Å². The molecule has 3 heteroatoms. The Morgan fingerprint density at radius 2 is 2.33 bits per heavy atom. The molecular weight excluding hydrogens is 138 g/mol. The molecule has 1 rings (SSSR count). The monoisotopic (exact) mass is 147 g/mol. The van der Waals surface area contributed by atoms with Crippen molar-refractivity contribution in [1.82, 2.24) is 4.90 Å². The van der Waals surface area contributed by atoms with Crippen LogP contribution in [0.5, 0.6) is 0 Å². The lowest BCUT2D eigenvalue weighted by Gasteiger charge is -2.08. The number of carbonyl (C=O) groups is 1. The maximum Gasteiger partial charge on any atom is 0.238 e. The SMILES string of the molecule is CCC(C(=O)Cl)N1CC1. The van der Waals surface area contributed by atoms with Crippen molar-refractivity contribution in [3.8, 4) is 0 Å². The molecule has 52 valence electrons. The van der Waals surface area contributed by atoms with E-state index < -0.39 is 0 Å². The van der Waals surface area contributed by atoms with Gasteiger partial charge in [-0.05, 0) is 18.0 Å². The van der Waals surface area contributed by atoms with Crippen molar-refractivity contribution in [3.63, 3.8) is 0 Å². The summed E-state index contributed by atoms with van der Waals surface area (Å²) in [6, 6.07) is -0.00772. The molecule has 1 fully saturated rings. The molecule has 0 spiro atoms. The van der Waals surface area contributed by atoms with Crippen molar-refractivity contribution in [1.29, 1.82) is 0 Å². The summed E-state index contributed by atoms with van der Waals surface area (Å²) in [5, 5.41) is -0.213. The van der Waals surface area contributed by atoms with Crippen LogP contribution in [0.1, 0.15) is 13.3 Å². The molecule has 0 aromatic rings. The van der Waals surface area contributed by atoms with E-state index in [2.05, 4.69) is 4.90 Å². The van der Waals surface area contributed by atoms with Gasteiger partial charge in [0.05, 0.1) is 6.04 Å². The molecule has 2 nitrogen and oxygen atoms in total. The van der Waals surface area contributed by atoms with Gasteiger partial charge in [-0.1, -0.05) is 6.92 Å². The molecule has 0 aromatic carbocycles. The highest BCUT2D eigenvalue weighted by Crippen LogP contribution is 2.15. The Morgan fingerprint density at radius 1 is 1.78 bits per heavy atom. The van der Waals surface area contributed by atoms with Crippen LogP contribution in [-0.4, -0.2) is 29.3 Å². The minimum Gasteiger partial charge on any atom is -0.290 e. The summed E-state index contributed by atoms with van der Waals surface area (Å²) in [4.78, 5) is 12.6. The van der Waals surface area contributed by atoms with Gasteiger partial charge in [0.15, 0.2) is 0 Å². The maximum absolute atomic E-state index is 10.6. The second-order valence-corrected chi connectivity index (χ2v) is 2.64. The molecule has 1 aliphatic heterocycles. The quantitative estimate of drug-likeness (QED) is 0.436. The van der Waals surface area contributed by atoms with Gasteiger partial charge in [0, 0.05) is 13.1 Å².